The van der Waals surface area contributed by atoms with E-state index in [1.807, 2.05) is 16.8 Å². The van der Waals surface area contributed by atoms with Gasteiger partial charge < -0.3 is 0 Å². The molecule has 19 heavy (non-hydrogen) atoms. The van der Waals surface area contributed by atoms with E-state index in [9.17, 15) is 8.42 Å². The van der Waals surface area contributed by atoms with Gasteiger partial charge in [0, 0.05) is 11.8 Å². The van der Waals surface area contributed by atoms with E-state index in [-0.39, 0.29) is 4.91 Å². The fourth-order valence-electron chi connectivity index (χ4n) is 1.06. The number of hydrazone groups is 1. The molecule has 0 aliphatic rings. The molecule has 0 atom stereocenters. The van der Waals surface area contributed by atoms with Crippen molar-refractivity contribution >= 4 is 27.4 Å². The fourth-order valence-corrected chi connectivity index (χ4v) is 2.65. The first kappa shape index (κ1) is 15.4. The average molecular weight is 297 g/mol. The minimum Gasteiger partial charge on any atom is -0.284 e. The van der Waals surface area contributed by atoms with Crippen LogP contribution in [0.1, 0.15) is 26.3 Å². The highest BCUT2D eigenvalue weighted by molar-refractivity contribution is 7.96. The molecule has 102 valence electrons. The summed E-state index contributed by atoms with van der Waals surface area (Å²) in [7, 11) is -3.66. The van der Waals surface area contributed by atoms with Crippen LogP contribution < -0.4 is 5.43 Å². The summed E-state index contributed by atoms with van der Waals surface area (Å²) in [5, 5.41) is 16.6. The highest BCUT2D eigenvalue weighted by Gasteiger charge is 2.33. The minimum absolute atomic E-state index is 0.331. The van der Waals surface area contributed by atoms with Crippen molar-refractivity contribution in [2.45, 2.75) is 25.5 Å². The van der Waals surface area contributed by atoms with Gasteiger partial charge in [0.2, 0.25) is 0 Å². The second kappa shape index (κ2) is 5.99. The molecule has 0 fully saturated rings. The smallest absolute Gasteiger partial charge is 0.194 e. The molecule has 0 unspecified atom stereocenters. The molecule has 0 saturated heterocycles. The standard InChI is InChI=1S/C12H15N3O2S2/c1-12(2,3)19(16,17)11(6-13)8-15-14-7-10-4-5-18-9-10/h4-5,7-9,15H,1-3H3/b11-8+,14-7+. The maximum atomic E-state index is 12.0. The van der Waals surface area contributed by atoms with Crippen LogP contribution in [-0.2, 0) is 9.84 Å². The van der Waals surface area contributed by atoms with Gasteiger partial charge in [0.1, 0.15) is 6.07 Å². The van der Waals surface area contributed by atoms with E-state index in [0.29, 0.717) is 0 Å². The van der Waals surface area contributed by atoms with Crippen molar-refractivity contribution < 1.29 is 8.42 Å². The molecule has 0 spiro atoms. The number of hydrogen-bond donors (Lipinski definition) is 1. The maximum Gasteiger partial charge on any atom is 0.194 e. The molecular formula is C12H15N3O2S2. The molecule has 1 N–H and O–H groups in total. The predicted molar refractivity (Wildman–Crippen MR) is 77.4 cm³/mol. The number of hydrogen-bond acceptors (Lipinski definition) is 6. The fraction of sp³-hybridized carbons (Fsp3) is 0.333. The van der Waals surface area contributed by atoms with Gasteiger partial charge in [-0.2, -0.15) is 21.7 Å². The first-order valence-electron chi connectivity index (χ1n) is 5.45. The SMILES string of the molecule is CC(C)(C)S(=O)(=O)/C(C#N)=C/N/N=C/c1ccsc1. The Bertz CT molecular complexity index is 615. The van der Waals surface area contributed by atoms with Crippen LogP contribution >= 0.6 is 11.3 Å². The van der Waals surface area contributed by atoms with Crippen LogP contribution in [0.25, 0.3) is 0 Å². The lowest BCUT2D eigenvalue weighted by molar-refractivity contribution is 0.568. The zero-order chi connectivity index (χ0) is 14.5. The van der Waals surface area contributed by atoms with Gasteiger partial charge in [-0.05, 0) is 37.6 Å². The molecule has 0 aliphatic heterocycles. The topological polar surface area (TPSA) is 82.3 Å². The Morgan fingerprint density at radius 2 is 2.21 bits per heavy atom. The van der Waals surface area contributed by atoms with Crippen molar-refractivity contribution in [3.05, 3.63) is 33.5 Å². The van der Waals surface area contributed by atoms with Gasteiger partial charge in [0.05, 0.1) is 11.0 Å². The van der Waals surface area contributed by atoms with E-state index in [1.165, 1.54) is 11.3 Å². The largest absolute Gasteiger partial charge is 0.284 e. The Morgan fingerprint density at radius 3 is 2.68 bits per heavy atom. The molecule has 5 nitrogen and oxygen atoms in total. The molecule has 1 aromatic heterocycles. The molecule has 7 heteroatoms. The molecule has 0 radical (unpaired) electrons. The quantitative estimate of drug-likeness (QED) is 0.525. The third-order valence-electron chi connectivity index (χ3n) is 2.23. The molecule has 1 aromatic rings. The third-order valence-corrected chi connectivity index (χ3v) is 5.33. The van der Waals surface area contributed by atoms with Crippen molar-refractivity contribution in [2.75, 3.05) is 0 Å². The van der Waals surface area contributed by atoms with Crippen molar-refractivity contribution in [1.29, 1.82) is 5.26 Å². The zero-order valence-corrected chi connectivity index (χ0v) is 12.5. The highest BCUT2D eigenvalue weighted by Crippen LogP contribution is 2.22. The number of sulfone groups is 1. The predicted octanol–water partition coefficient (Wildman–Crippen LogP) is 2.25. The highest BCUT2D eigenvalue weighted by atomic mass is 32.2. The van der Waals surface area contributed by atoms with E-state index in [0.717, 1.165) is 11.8 Å². The lowest BCUT2D eigenvalue weighted by atomic mass is 10.3. The Kier molecular flexibility index (Phi) is 4.86. The summed E-state index contributed by atoms with van der Waals surface area (Å²) in [5.41, 5.74) is 3.37. The van der Waals surface area contributed by atoms with E-state index in [2.05, 4.69) is 10.5 Å². The van der Waals surface area contributed by atoms with E-state index in [4.69, 9.17) is 5.26 Å². The molecule has 1 heterocycles. The summed E-state index contributed by atoms with van der Waals surface area (Å²) >= 11 is 1.53. The molecule has 0 amide bonds. The Labute approximate surface area is 117 Å². The first-order valence-corrected chi connectivity index (χ1v) is 7.87. The van der Waals surface area contributed by atoms with Crippen LogP contribution in [0, 0.1) is 11.3 Å². The van der Waals surface area contributed by atoms with E-state index < -0.39 is 14.6 Å². The Balaban J connectivity index is 2.83. The second-order valence-corrected chi connectivity index (χ2v) is 8.13. The summed E-state index contributed by atoms with van der Waals surface area (Å²) < 4.78 is 23.0. The molecule has 0 aromatic carbocycles. The third kappa shape index (κ3) is 3.91. The van der Waals surface area contributed by atoms with Gasteiger partial charge in [0.25, 0.3) is 0 Å². The normalized spacial score (nSPS) is 13.5. The molecule has 1 rings (SSSR count). The summed E-state index contributed by atoms with van der Waals surface area (Å²) in [6, 6.07) is 3.55. The molecule has 0 saturated carbocycles. The molecule has 0 bridgehead atoms. The summed E-state index contributed by atoms with van der Waals surface area (Å²) in [6.45, 7) is 4.63. The Hall–Kier alpha value is -1.65. The van der Waals surface area contributed by atoms with Crippen LogP contribution in [0.5, 0.6) is 0 Å². The number of rotatable bonds is 4. The molecule has 0 aliphatic carbocycles. The monoisotopic (exact) mass is 297 g/mol. The van der Waals surface area contributed by atoms with Crippen LogP contribution in [0.15, 0.2) is 33.0 Å². The molecular weight excluding hydrogens is 282 g/mol. The van der Waals surface area contributed by atoms with Crippen molar-refractivity contribution in [3.63, 3.8) is 0 Å². The maximum absolute atomic E-state index is 12.0. The van der Waals surface area contributed by atoms with Crippen molar-refractivity contribution in [2.24, 2.45) is 5.10 Å². The van der Waals surface area contributed by atoms with Crippen molar-refractivity contribution in [1.82, 2.24) is 5.43 Å². The van der Waals surface area contributed by atoms with Crippen LogP contribution in [0.3, 0.4) is 0 Å². The lowest BCUT2D eigenvalue weighted by Crippen LogP contribution is -2.29. The second-order valence-electron chi connectivity index (χ2n) is 4.68. The average Bonchev–Trinajstić information content (AvgIpc) is 2.80. The van der Waals surface area contributed by atoms with E-state index in [1.54, 1.807) is 33.1 Å². The van der Waals surface area contributed by atoms with Crippen LogP contribution in [0.4, 0.5) is 0 Å². The van der Waals surface area contributed by atoms with Gasteiger partial charge in [-0.1, -0.05) is 0 Å². The van der Waals surface area contributed by atoms with Crippen LogP contribution in [-0.4, -0.2) is 19.4 Å². The van der Waals surface area contributed by atoms with E-state index >= 15 is 0 Å². The Morgan fingerprint density at radius 1 is 1.53 bits per heavy atom. The van der Waals surface area contributed by atoms with Gasteiger partial charge >= 0.3 is 0 Å². The zero-order valence-electron chi connectivity index (χ0n) is 10.9. The summed E-state index contributed by atoms with van der Waals surface area (Å²) in [4.78, 5) is -0.331. The lowest BCUT2D eigenvalue weighted by Gasteiger charge is -2.17. The van der Waals surface area contributed by atoms with Gasteiger partial charge in [-0.3, -0.25) is 5.43 Å². The number of nitrogens with zero attached hydrogens (tertiary/aromatic N) is 2. The first-order chi connectivity index (χ1) is 8.79. The summed E-state index contributed by atoms with van der Waals surface area (Å²) in [6.07, 6.45) is 2.65. The van der Waals surface area contributed by atoms with Gasteiger partial charge in [0.15, 0.2) is 14.7 Å². The van der Waals surface area contributed by atoms with Crippen molar-refractivity contribution in [3.8, 4) is 6.07 Å². The van der Waals surface area contributed by atoms with Gasteiger partial charge in [-0.15, -0.1) is 0 Å². The summed E-state index contributed by atoms with van der Waals surface area (Å²) in [5.74, 6) is 0. The number of nitrogens with one attached hydrogen (secondary N) is 1. The van der Waals surface area contributed by atoms with Gasteiger partial charge in [-0.25, -0.2) is 8.42 Å². The number of allylic oxidation sites excluding steroid dienone is 1. The number of nitriles is 1. The van der Waals surface area contributed by atoms with Crippen LogP contribution in [0.2, 0.25) is 0 Å². The number of thiophene rings is 1. The minimum atomic E-state index is -3.66.